The van der Waals surface area contributed by atoms with Gasteiger partial charge in [0.2, 0.25) is 0 Å². The number of para-hydroxylation sites is 1. The molecule has 0 saturated heterocycles. The summed E-state index contributed by atoms with van der Waals surface area (Å²) in [6, 6.07) is 34.9. The molecular formula is C31H29N3O. The number of hydrogen-bond acceptors (Lipinski definition) is 4. The highest BCUT2D eigenvalue weighted by Crippen LogP contribution is 2.28. The Morgan fingerprint density at radius 1 is 0.714 bits per heavy atom. The van der Waals surface area contributed by atoms with Crippen LogP contribution in [-0.2, 0) is 13.0 Å². The minimum Gasteiger partial charge on any atom is -0.489 e. The van der Waals surface area contributed by atoms with Crippen molar-refractivity contribution in [2.45, 2.75) is 32.8 Å². The Balaban J connectivity index is 1.36. The third kappa shape index (κ3) is 5.67. The highest BCUT2D eigenvalue weighted by molar-refractivity contribution is 5.92. The average molecular weight is 460 g/mol. The van der Waals surface area contributed by atoms with E-state index in [9.17, 15) is 0 Å². The van der Waals surface area contributed by atoms with E-state index in [4.69, 9.17) is 14.7 Å². The van der Waals surface area contributed by atoms with Gasteiger partial charge >= 0.3 is 0 Å². The molecular weight excluding hydrogens is 430 g/mol. The minimum absolute atomic E-state index is 0.546. The van der Waals surface area contributed by atoms with Gasteiger partial charge in [-0.2, -0.15) is 0 Å². The van der Waals surface area contributed by atoms with Gasteiger partial charge in [0.15, 0.2) is 5.82 Å². The second-order valence-electron chi connectivity index (χ2n) is 8.64. The van der Waals surface area contributed by atoms with E-state index in [2.05, 4.69) is 48.6 Å². The van der Waals surface area contributed by atoms with Crippen LogP contribution in [0.25, 0.3) is 22.3 Å². The molecule has 4 heteroatoms. The van der Waals surface area contributed by atoms with Crippen molar-refractivity contribution in [1.82, 2.24) is 9.97 Å². The van der Waals surface area contributed by atoms with Gasteiger partial charge in [0, 0.05) is 16.6 Å². The lowest BCUT2D eigenvalue weighted by Crippen LogP contribution is -2.00. The van der Waals surface area contributed by atoms with E-state index in [0.29, 0.717) is 6.61 Å². The molecule has 174 valence electrons. The van der Waals surface area contributed by atoms with E-state index >= 15 is 0 Å². The largest absolute Gasteiger partial charge is 0.489 e. The highest BCUT2D eigenvalue weighted by atomic mass is 16.5. The van der Waals surface area contributed by atoms with Crippen LogP contribution in [-0.4, -0.2) is 9.97 Å². The molecule has 5 aromatic rings. The molecule has 0 saturated carbocycles. The van der Waals surface area contributed by atoms with Gasteiger partial charge in [-0.25, -0.2) is 9.97 Å². The quantitative estimate of drug-likeness (QED) is 0.243. The van der Waals surface area contributed by atoms with Crippen LogP contribution in [0.1, 0.15) is 30.9 Å². The second kappa shape index (κ2) is 10.8. The highest BCUT2D eigenvalue weighted by Gasteiger charge is 2.10. The van der Waals surface area contributed by atoms with E-state index in [1.165, 1.54) is 18.4 Å². The number of anilines is 2. The summed E-state index contributed by atoms with van der Waals surface area (Å²) in [5.74, 6) is 2.34. The number of aromatic nitrogens is 2. The molecule has 5 rings (SSSR count). The molecule has 0 unspecified atom stereocenters. The number of ether oxygens (including phenoxy) is 1. The zero-order valence-electron chi connectivity index (χ0n) is 19.9. The van der Waals surface area contributed by atoms with Crippen LogP contribution in [0.4, 0.5) is 11.5 Å². The smallest absolute Gasteiger partial charge is 0.162 e. The predicted octanol–water partition coefficient (Wildman–Crippen LogP) is 7.96. The van der Waals surface area contributed by atoms with Gasteiger partial charge in [0.1, 0.15) is 18.2 Å². The zero-order chi connectivity index (χ0) is 23.9. The van der Waals surface area contributed by atoms with Crippen molar-refractivity contribution in [3.63, 3.8) is 0 Å². The molecule has 0 bridgehead atoms. The lowest BCUT2D eigenvalue weighted by molar-refractivity contribution is 0.306. The second-order valence-corrected chi connectivity index (χ2v) is 8.64. The first-order chi connectivity index (χ1) is 17.3. The summed E-state index contributed by atoms with van der Waals surface area (Å²) in [5.41, 5.74) is 5.38. The summed E-state index contributed by atoms with van der Waals surface area (Å²) in [4.78, 5) is 9.74. The molecule has 0 aliphatic carbocycles. The molecule has 35 heavy (non-hydrogen) atoms. The maximum absolute atomic E-state index is 5.93. The van der Waals surface area contributed by atoms with E-state index < -0.39 is 0 Å². The molecule has 0 spiro atoms. The van der Waals surface area contributed by atoms with Crippen LogP contribution in [0.2, 0.25) is 0 Å². The number of rotatable bonds is 9. The Morgan fingerprint density at radius 2 is 1.46 bits per heavy atom. The van der Waals surface area contributed by atoms with E-state index in [-0.39, 0.29) is 0 Å². The van der Waals surface area contributed by atoms with Crippen LogP contribution in [0, 0.1) is 0 Å². The number of aryl methyl sites for hydroxylation is 1. The van der Waals surface area contributed by atoms with Crippen molar-refractivity contribution < 1.29 is 4.74 Å². The molecule has 0 amide bonds. The number of hydrogen-bond donors (Lipinski definition) is 1. The molecule has 1 N–H and O–H groups in total. The number of unbranched alkanes of at least 4 members (excludes halogenated alkanes) is 1. The molecule has 0 aliphatic rings. The number of nitrogens with one attached hydrogen (secondary N) is 1. The van der Waals surface area contributed by atoms with Gasteiger partial charge in [0.05, 0.1) is 5.52 Å². The number of benzene rings is 4. The average Bonchev–Trinajstić information content (AvgIpc) is 2.92. The van der Waals surface area contributed by atoms with Crippen LogP contribution in [0.3, 0.4) is 0 Å². The Labute approximate surface area is 206 Å². The third-order valence-corrected chi connectivity index (χ3v) is 6.00. The standard InChI is InChI=1S/C31H29N3O/c1-2-3-9-23-14-16-25(17-15-23)30-33-29-13-8-7-12-28(29)31(34-30)32-26-18-20-27(21-19-26)35-22-24-10-5-4-6-11-24/h4-8,10-21H,2-3,9,22H2,1H3,(H,32,33,34). The summed E-state index contributed by atoms with van der Waals surface area (Å²) in [5, 5.41) is 4.48. The van der Waals surface area contributed by atoms with Gasteiger partial charge in [-0.1, -0.05) is 80.1 Å². The SMILES string of the molecule is CCCCc1ccc(-c2nc(Nc3ccc(OCc4ccccc4)cc3)c3ccccc3n2)cc1. The molecule has 1 aromatic heterocycles. The van der Waals surface area contributed by atoms with Crippen LogP contribution < -0.4 is 10.1 Å². The summed E-state index contributed by atoms with van der Waals surface area (Å²) in [6.45, 7) is 2.77. The van der Waals surface area contributed by atoms with Crippen molar-refractivity contribution >= 4 is 22.4 Å². The fourth-order valence-electron chi connectivity index (χ4n) is 4.01. The van der Waals surface area contributed by atoms with Crippen molar-refractivity contribution in [2.75, 3.05) is 5.32 Å². The van der Waals surface area contributed by atoms with E-state index in [1.54, 1.807) is 0 Å². The van der Waals surface area contributed by atoms with Crippen molar-refractivity contribution in [2.24, 2.45) is 0 Å². The number of nitrogens with zero attached hydrogens (tertiary/aromatic N) is 2. The maximum atomic E-state index is 5.93. The van der Waals surface area contributed by atoms with Gasteiger partial charge in [-0.05, 0) is 60.4 Å². The summed E-state index contributed by atoms with van der Waals surface area (Å²) < 4.78 is 5.93. The normalized spacial score (nSPS) is 10.9. The summed E-state index contributed by atoms with van der Waals surface area (Å²) in [6.07, 6.45) is 3.51. The molecule has 0 radical (unpaired) electrons. The Hall–Kier alpha value is -4.18. The lowest BCUT2D eigenvalue weighted by Gasteiger charge is -2.12. The lowest BCUT2D eigenvalue weighted by atomic mass is 10.1. The van der Waals surface area contributed by atoms with Crippen LogP contribution in [0.5, 0.6) is 5.75 Å². The maximum Gasteiger partial charge on any atom is 0.162 e. The molecule has 0 fully saturated rings. The summed E-state index contributed by atoms with van der Waals surface area (Å²) in [7, 11) is 0. The van der Waals surface area contributed by atoms with Gasteiger partial charge in [-0.15, -0.1) is 0 Å². The Kier molecular flexibility index (Phi) is 7.00. The van der Waals surface area contributed by atoms with Gasteiger partial charge in [0.25, 0.3) is 0 Å². The van der Waals surface area contributed by atoms with Gasteiger partial charge in [-0.3, -0.25) is 0 Å². The topological polar surface area (TPSA) is 47.0 Å². The molecule has 1 heterocycles. The van der Waals surface area contributed by atoms with Crippen molar-refractivity contribution in [1.29, 1.82) is 0 Å². The fourth-order valence-corrected chi connectivity index (χ4v) is 4.01. The van der Waals surface area contributed by atoms with E-state index in [0.717, 1.165) is 51.5 Å². The predicted molar refractivity (Wildman–Crippen MR) is 144 cm³/mol. The summed E-state index contributed by atoms with van der Waals surface area (Å²) >= 11 is 0. The minimum atomic E-state index is 0.546. The van der Waals surface area contributed by atoms with Crippen LogP contribution >= 0.6 is 0 Å². The first-order valence-corrected chi connectivity index (χ1v) is 12.2. The van der Waals surface area contributed by atoms with Crippen molar-refractivity contribution in [3.8, 4) is 17.1 Å². The molecule has 0 atom stereocenters. The number of fused-ring (bicyclic) bond motifs is 1. The first kappa shape index (κ1) is 22.6. The first-order valence-electron chi connectivity index (χ1n) is 12.2. The molecule has 4 nitrogen and oxygen atoms in total. The monoisotopic (exact) mass is 459 g/mol. The van der Waals surface area contributed by atoms with Crippen molar-refractivity contribution in [3.05, 3.63) is 114 Å². The Morgan fingerprint density at radius 3 is 2.23 bits per heavy atom. The molecule has 4 aromatic carbocycles. The Bertz CT molecular complexity index is 1380. The molecule has 0 aliphatic heterocycles. The fraction of sp³-hybridized carbons (Fsp3) is 0.161. The third-order valence-electron chi connectivity index (χ3n) is 6.00. The van der Waals surface area contributed by atoms with Gasteiger partial charge < -0.3 is 10.1 Å². The van der Waals surface area contributed by atoms with Crippen LogP contribution in [0.15, 0.2) is 103 Å². The zero-order valence-corrected chi connectivity index (χ0v) is 19.9. The van der Waals surface area contributed by atoms with E-state index in [1.807, 2.05) is 66.7 Å².